The maximum atomic E-state index is 12.7. The summed E-state index contributed by atoms with van der Waals surface area (Å²) < 4.78 is 15.7. The highest BCUT2D eigenvalue weighted by molar-refractivity contribution is 8.18. The first-order chi connectivity index (χ1) is 15.5. The summed E-state index contributed by atoms with van der Waals surface area (Å²) >= 11 is 0.859. The predicted molar refractivity (Wildman–Crippen MR) is 119 cm³/mol. The Balaban J connectivity index is 1.39. The summed E-state index contributed by atoms with van der Waals surface area (Å²) in [6.07, 6.45) is 1.66. The lowest BCUT2D eigenvalue weighted by atomic mass is 10.2. The smallest absolute Gasteiger partial charge is 0.373 e. The molecule has 2 aromatic carbocycles. The van der Waals surface area contributed by atoms with Gasteiger partial charge in [0.2, 0.25) is 5.76 Å². The Labute approximate surface area is 188 Å². The fourth-order valence-electron chi connectivity index (χ4n) is 3.02. The molecule has 1 aliphatic rings. The number of rotatable bonds is 7. The van der Waals surface area contributed by atoms with Crippen LogP contribution in [0.3, 0.4) is 0 Å². The third kappa shape index (κ3) is 4.92. The standard InChI is InChI=1S/C24H19NO6S/c1-29-23(27)20-12-11-19(31-20)14-25-22(26)21(32-24(25)28)13-16-7-9-18(10-8-16)30-15-17-5-3-2-4-6-17/h2-13H,14-15H2,1H3. The average Bonchev–Trinajstić information content (AvgIpc) is 3.39. The molecule has 0 spiro atoms. The van der Waals surface area contributed by atoms with Gasteiger partial charge in [-0.15, -0.1) is 0 Å². The summed E-state index contributed by atoms with van der Waals surface area (Å²) in [6.45, 7) is 0.398. The summed E-state index contributed by atoms with van der Waals surface area (Å²) in [4.78, 5) is 37.9. The Morgan fingerprint density at radius 3 is 2.50 bits per heavy atom. The van der Waals surface area contributed by atoms with Gasteiger partial charge < -0.3 is 13.9 Å². The minimum Gasteiger partial charge on any atom is -0.489 e. The quantitative estimate of drug-likeness (QED) is 0.375. The van der Waals surface area contributed by atoms with Gasteiger partial charge in [0.05, 0.1) is 18.6 Å². The number of methoxy groups -OCH3 is 1. The summed E-state index contributed by atoms with van der Waals surface area (Å²) in [6, 6.07) is 20.1. The lowest BCUT2D eigenvalue weighted by molar-refractivity contribution is -0.123. The van der Waals surface area contributed by atoms with Gasteiger partial charge in [-0.25, -0.2) is 4.79 Å². The third-order valence-electron chi connectivity index (χ3n) is 4.66. The van der Waals surface area contributed by atoms with E-state index in [0.717, 1.165) is 27.8 Å². The van der Waals surface area contributed by atoms with E-state index in [9.17, 15) is 14.4 Å². The van der Waals surface area contributed by atoms with Crippen molar-refractivity contribution >= 4 is 35.0 Å². The van der Waals surface area contributed by atoms with E-state index in [4.69, 9.17) is 9.15 Å². The summed E-state index contributed by atoms with van der Waals surface area (Å²) in [7, 11) is 1.24. The van der Waals surface area contributed by atoms with Crippen molar-refractivity contribution in [3.8, 4) is 5.75 Å². The lowest BCUT2D eigenvalue weighted by Crippen LogP contribution is -2.27. The van der Waals surface area contributed by atoms with E-state index in [1.165, 1.54) is 19.2 Å². The fourth-order valence-corrected chi connectivity index (χ4v) is 3.86. The van der Waals surface area contributed by atoms with Crippen LogP contribution in [0.4, 0.5) is 4.79 Å². The molecule has 162 valence electrons. The average molecular weight is 449 g/mol. The molecule has 1 saturated heterocycles. The molecule has 2 heterocycles. The number of hydrogen-bond acceptors (Lipinski definition) is 7. The van der Waals surface area contributed by atoms with Gasteiger partial charge in [0, 0.05) is 0 Å². The molecule has 0 bridgehead atoms. The Bertz CT molecular complexity index is 1170. The Kier molecular flexibility index (Phi) is 6.42. The van der Waals surface area contributed by atoms with Crippen molar-refractivity contribution < 1.29 is 28.3 Å². The van der Waals surface area contributed by atoms with Crippen molar-refractivity contribution in [2.24, 2.45) is 0 Å². The fraction of sp³-hybridized carbons (Fsp3) is 0.125. The lowest BCUT2D eigenvalue weighted by Gasteiger charge is -2.10. The van der Waals surface area contributed by atoms with Gasteiger partial charge in [0.1, 0.15) is 18.1 Å². The van der Waals surface area contributed by atoms with E-state index < -0.39 is 17.1 Å². The maximum Gasteiger partial charge on any atom is 0.373 e. The van der Waals surface area contributed by atoms with Gasteiger partial charge in [-0.1, -0.05) is 42.5 Å². The molecule has 7 nitrogen and oxygen atoms in total. The second-order valence-corrected chi connectivity index (χ2v) is 7.86. The van der Waals surface area contributed by atoms with Crippen LogP contribution < -0.4 is 4.74 Å². The molecule has 0 aliphatic carbocycles. The van der Waals surface area contributed by atoms with Crippen molar-refractivity contribution in [2.75, 3.05) is 7.11 Å². The number of hydrogen-bond donors (Lipinski definition) is 0. The van der Waals surface area contributed by atoms with Crippen molar-refractivity contribution in [3.63, 3.8) is 0 Å². The van der Waals surface area contributed by atoms with Gasteiger partial charge >= 0.3 is 5.97 Å². The zero-order chi connectivity index (χ0) is 22.5. The first-order valence-electron chi connectivity index (χ1n) is 9.72. The minimum atomic E-state index is -0.624. The number of carbonyl (C=O) groups is 3. The molecule has 3 aromatic rings. The maximum absolute atomic E-state index is 12.7. The molecule has 8 heteroatoms. The number of imide groups is 1. The second-order valence-electron chi connectivity index (χ2n) is 6.87. The highest BCUT2D eigenvalue weighted by Gasteiger charge is 2.35. The molecule has 0 radical (unpaired) electrons. The van der Waals surface area contributed by atoms with Crippen LogP contribution in [0.1, 0.15) is 27.4 Å². The van der Waals surface area contributed by atoms with Crippen molar-refractivity contribution in [1.29, 1.82) is 0 Å². The van der Waals surface area contributed by atoms with Gasteiger partial charge in [0.15, 0.2) is 0 Å². The molecule has 0 N–H and O–H groups in total. The van der Waals surface area contributed by atoms with Gasteiger partial charge in [-0.05, 0) is 53.2 Å². The summed E-state index contributed by atoms with van der Waals surface area (Å²) in [5.41, 5.74) is 1.84. The molecule has 0 atom stereocenters. The molecule has 0 unspecified atom stereocenters. The Morgan fingerprint density at radius 1 is 1.03 bits per heavy atom. The van der Waals surface area contributed by atoms with Crippen molar-refractivity contribution in [2.45, 2.75) is 13.2 Å². The van der Waals surface area contributed by atoms with Crippen LogP contribution in [0.15, 0.2) is 76.1 Å². The van der Waals surface area contributed by atoms with Crippen LogP contribution in [0.2, 0.25) is 0 Å². The first-order valence-corrected chi connectivity index (χ1v) is 10.5. The largest absolute Gasteiger partial charge is 0.489 e. The normalized spacial score (nSPS) is 14.8. The molecule has 1 aliphatic heterocycles. The van der Waals surface area contributed by atoms with Gasteiger partial charge in [-0.3, -0.25) is 14.5 Å². The highest BCUT2D eigenvalue weighted by Crippen LogP contribution is 2.33. The third-order valence-corrected chi connectivity index (χ3v) is 5.57. The number of nitrogens with zero attached hydrogens (tertiary/aromatic N) is 1. The van der Waals surface area contributed by atoms with Crippen LogP contribution in [0.5, 0.6) is 5.75 Å². The van der Waals surface area contributed by atoms with Crippen LogP contribution in [0.25, 0.3) is 6.08 Å². The van der Waals surface area contributed by atoms with E-state index in [1.54, 1.807) is 6.08 Å². The number of thioether (sulfide) groups is 1. The summed E-state index contributed by atoms with van der Waals surface area (Å²) in [5.74, 6) is -0.00584. The number of ether oxygens (including phenoxy) is 2. The van der Waals surface area contributed by atoms with E-state index in [-0.39, 0.29) is 12.3 Å². The monoisotopic (exact) mass is 449 g/mol. The van der Waals surface area contributed by atoms with E-state index in [0.29, 0.717) is 23.0 Å². The second kappa shape index (κ2) is 9.57. The molecular formula is C24H19NO6S. The molecular weight excluding hydrogens is 430 g/mol. The van der Waals surface area contributed by atoms with E-state index >= 15 is 0 Å². The SMILES string of the molecule is COC(=O)c1ccc(CN2C(=O)SC(=Cc3ccc(OCc4ccccc4)cc3)C2=O)o1. The number of amides is 2. The van der Waals surface area contributed by atoms with E-state index in [2.05, 4.69) is 4.74 Å². The number of carbonyl (C=O) groups excluding carboxylic acids is 3. The van der Waals surface area contributed by atoms with Gasteiger partial charge in [0.25, 0.3) is 11.1 Å². The number of esters is 1. The molecule has 0 saturated carbocycles. The zero-order valence-corrected chi connectivity index (χ0v) is 18.0. The highest BCUT2D eigenvalue weighted by atomic mass is 32.2. The number of benzene rings is 2. The number of furan rings is 1. The molecule has 2 amide bonds. The van der Waals surface area contributed by atoms with E-state index in [1.807, 2.05) is 54.6 Å². The van der Waals surface area contributed by atoms with Crippen LogP contribution in [-0.4, -0.2) is 29.1 Å². The molecule has 32 heavy (non-hydrogen) atoms. The topological polar surface area (TPSA) is 86.0 Å². The van der Waals surface area contributed by atoms with Crippen LogP contribution in [0, 0.1) is 0 Å². The minimum absolute atomic E-state index is 0.0135. The zero-order valence-electron chi connectivity index (χ0n) is 17.1. The Hall–Kier alpha value is -3.78. The summed E-state index contributed by atoms with van der Waals surface area (Å²) in [5, 5.41) is -0.403. The molecule has 1 fully saturated rings. The van der Waals surface area contributed by atoms with Crippen molar-refractivity contribution in [1.82, 2.24) is 4.90 Å². The van der Waals surface area contributed by atoms with Crippen LogP contribution >= 0.6 is 11.8 Å². The predicted octanol–water partition coefficient (Wildman–Crippen LogP) is 4.88. The molecule has 1 aromatic heterocycles. The van der Waals surface area contributed by atoms with Gasteiger partial charge in [-0.2, -0.15) is 0 Å². The Morgan fingerprint density at radius 2 is 1.78 bits per heavy atom. The van der Waals surface area contributed by atoms with Crippen LogP contribution in [-0.2, 0) is 22.7 Å². The first kappa shape index (κ1) is 21.5. The molecule has 4 rings (SSSR count). The van der Waals surface area contributed by atoms with Crippen molar-refractivity contribution in [3.05, 3.63) is 94.3 Å².